The zero-order chi connectivity index (χ0) is 17.8. The lowest BCUT2D eigenvalue weighted by molar-refractivity contribution is 0.749. The quantitative estimate of drug-likeness (QED) is 0.481. The molecule has 0 aromatic heterocycles. The van der Waals surface area contributed by atoms with Crippen LogP contribution >= 0.6 is 15.9 Å². The van der Waals surface area contributed by atoms with Crippen LogP contribution in [0.4, 0.5) is 5.69 Å². The van der Waals surface area contributed by atoms with Crippen LogP contribution in [0.1, 0.15) is 17.0 Å². The van der Waals surface area contributed by atoms with E-state index in [1.165, 1.54) is 11.1 Å². The van der Waals surface area contributed by atoms with Gasteiger partial charge in [-0.2, -0.15) is 0 Å². The molecule has 128 valence electrons. The van der Waals surface area contributed by atoms with E-state index in [0.29, 0.717) is 5.92 Å². The van der Waals surface area contributed by atoms with Gasteiger partial charge < -0.3 is 5.32 Å². The Labute approximate surface area is 163 Å². The summed E-state index contributed by atoms with van der Waals surface area (Å²) in [6, 6.07) is 29.5. The van der Waals surface area contributed by atoms with Gasteiger partial charge in [0.25, 0.3) is 0 Å². The second-order valence-electron chi connectivity index (χ2n) is 6.52. The zero-order valence-electron chi connectivity index (χ0n) is 14.3. The van der Waals surface area contributed by atoms with Gasteiger partial charge in [-0.1, -0.05) is 101 Å². The predicted molar refractivity (Wildman–Crippen MR) is 113 cm³/mol. The maximum absolute atomic E-state index is 3.72. The maximum Gasteiger partial charge on any atom is 0.0997 e. The number of allylic oxidation sites excluding steroid dienone is 2. The summed E-state index contributed by atoms with van der Waals surface area (Å²) < 4.78 is 1.08. The van der Waals surface area contributed by atoms with E-state index in [2.05, 4.69) is 130 Å². The highest BCUT2D eigenvalue weighted by Gasteiger charge is 2.29. The molecular weight excluding hydrogens is 382 g/mol. The highest BCUT2D eigenvalue weighted by Crippen LogP contribution is 2.36. The van der Waals surface area contributed by atoms with Crippen molar-refractivity contribution in [2.45, 2.75) is 11.5 Å². The molecular formula is C24H20BrN. The molecule has 0 amide bonds. The Balaban J connectivity index is 1.69. The molecule has 3 aromatic rings. The van der Waals surface area contributed by atoms with Crippen LogP contribution in [-0.4, -0.2) is 0 Å². The maximum atomic E-state index is 3.72. The molecule has 0 heterocycles. The number of anilines is 1. The zero-order valence-corrected chi connectivity index (χ0v) is 15.9. The van der Waals surface area contributed by atoms with Crippen molar-refractivity contribution in [3.05, 3.63) is 125 Å². The lowest BCUT2D eigenvalue weighted by Crippen LogP contribution is -2.32. The van der Waals surface area contributed by atoms with Gasteiger partial charge in [0.15, 0.2) is 0 Å². The number of hydrogen-bond donors (Lipinski definition) is 1. The third kappa shape index (κ3) is 3.51. The van der Waals surface area contributed by atoms with Gasteiger partial charge in [0, 0.05) is 16.1 Å². The third-order valence-corrected chi connectivity index (χ3v) is 5.29. The summed E-state index contributed by atoms with van der Waals surface area (Å²) in [6.07, 6.45) is 9.13. The number of benzene rings is 3. The van der Waals surface area contributed by atoms with E-state index in [-0.39, 0.29) is 5.54 Å². The second-order valence-corrected chi connectivity index (χ2v) is 7.44. The Bertz CT molecular complexity index is 897. The predicted octanol–water partition coefficient (Wildman–Crippen LogP) is 6.67. The van der Waals surface area contributed by atoms with E-state index in [4.69, 9.17) is 0 Å². The van der Waals surface area contributed by atoms with Gasteiger partial charge in [0.1, 0.15) is 0 Å². The summed E-state index contributed by atoms with van der Waals surface area (Å²) in [5.41, 5.74) is 3.28. The lowest BCUT2D eigenvalue weighted by Gasteiger charge is -2.34. The molecule has 3 aromatic carbocycles. The van der Waals surface area contributed by atoms with Crippen LogP contribution in [-0.2, 0) is 5.54 Å². The van der Waals surface area contributed by atoms with E-state index in [1.54, 1.807) is 0 Å². The fourth-order valence-corrected chi connectivity index (χ4v) is 3.63. The summed E-state index contributed by atoms with van der Waals surface area (Å²) in [5, 5.41) is 3.72. The molecule has 2 heteroatoms. The van der Waals surface area contributed by atoms with Crippen molar-refractivity contribution in [2.75, 3.05) is 5.32 Å². The van der Waals surface area contributed by atoms with Gasteiger partial charge in [-0.05, 0) is 35.4 Å². The van der Waals surface area contributed by atoms with Gasteiger partial charge in [-0.25, -0.2) is 0 Å². The molecule has 1 N–H and O–H groups in total. The summed E-state index contributed by atoms with van der Waals surface area (Å²) in [7, 11) is 0. The van der Waals surface area contributed by atoms with Gasteiger partial charge in [0.2, 0.25) is 0 Å². The van der Waals surface area contributed by atoms with Crippen LogP contribution < -0.4 is 5.32 Å². The van der Waals surface area contributed by atoms with Crippen LogP contribution in [0.5, 0.6) is 0 Å². The monoisotopic (exact) mass is 401 g/mol. The highest BCUT2D eigenvalue weighted by atomic mass is 79.9. The minimum Gasteiger partial charge on any atom is -0.369 e. The molecule has 0 bridgehead atoms. The number of halogens is 1. The van der Waals surface area contributed by atoms with Crippen LogP contribution in [0.15, 0.2) is 114 Å². The largest absolute Gasteiger partial charge is 0.369 e. The van der Waals surface area contributed by atoms with Crippen molar-refractivity contribution in [2.24, 2.45) is 0 Å². The Hall–Kier alpha value is -2.58. The standard InChI is InChI=1S/C24H20BrN/c25-22-11-13-23(14-12-22)26-24(21-9-5-2-6-10-21)17-15-20(16-18-24)19-7-3-1-4-8-19/h1-18,20,26H. The van der Waals surface area contributed by atoms with Gasteiger partial charge >= 0.3 is 0 Å². The van der Waals surface area contributed by atoms with Gasteiger partial charge in [0.05, 0.1) is 5.54 Å². The molecule has 0 saturated heterocycles. The summed E-state index contributed by atoms with van der Waals surface area (Å²) >= 11 is 3.51. The fraction of sp³-hybridized carbons (Fsp3) is 0.0833. The van der Waals surface area contributed by atoms with Crippen LogP contribution in [0, 0.1) is 0 Å². The van der Waals surface area contributed by atoms with Crippen molar-refractivity contribution in [1.82, 2.24) is 0 Å². The first kappa shape index (κ1) is 16.9. The normalized spacial score (nSPS) is 21.5. The molecule has 0 unspecified atom stereocenters. The third-order valence-electron chi connectivity index (χ3n) is 4.76. The molecule has 0 fully saturated rings. The second kappa shape index (κ2) is 7.35. The first-order valence-corrected chi connectivity index (χ1v) is 9.57. The molecule has 0 spiro atoms. The first-order chi connectivity index (χ1) is 12.8. The number of rotatable bonds is 4. The topological polar surface area (TPSA) is 12.0 Å². The van der Waals surface area contributed by atoms with E-state index in [1.807, 2.05) is 0 Å². The Kier molecular flexibility index (Phi) is 4.77. The fourth-order valence-electron chi connectivity index (χ4n) is 3.36. The molecule has 4 rings (SSSR count). The first-order valence-electron chi connectivity index (χ1n) is 8.78. The lowest BCUT2D eigenvalue weighted by atomic mass is 9.81. The summed E-state index contributed by atoms with van der Waals surface area (Å²) in [5.74, 6) is 0.305. The summed E-state index contributed by atoms with van der Waals surface area (Å²) in [4.78, 5) is 0. The number of nitrogens with one attached hydrogen (secondary N) is 1. The SMILES string of the molecule is Brc1ccc(NC2(c3ccccc3)C=CC(c3ccccc3)C=C2)cc1. The van der Waals surface area contributed by atoms with E-state index >= 15 is 0 Å². The van der Waals surface area contributed by atoms with Crippen molar-refractivity contribution in [3.8, 4) is 0 Å². The van der Waals surface area contributed by atoms with Gasteiger partial charge in [-0.15, -0.1) is 0 Å². The van der Waals surface area contributed by atoms with Crippen LogP contribution in [0.2, 0.25) is 0 Å². The van der Waals surface area contributed by atoms with E-state index < -0.39 is 0 Å². The molecule has 1 aliphatic carbocycles. The molecule has 0 radical (unpaired) electrons. The smallest absolute Gasteiger partial charge is 0.0997 e. The van der Waals surface area contributed by atoms with E-state index in [9.17, 15) is 0 Å². The van der Waals surface area contributed by atoms with Crippen LogP contribution in [0.25, 0.3) is 0 Å². The van der Waals surface area contributed by atoms with Crippen molar-refractivity contribution in [3.63, 3.8) is 0 Å². The minimum atomic E-state index is -0.347. The molecule has 26 heavy (non-hydrogen) atoms. The van der Waals surface area contributed by atoms with E-state index in [0.717, 1.165) is 10.2 Å². The minimum absolute atomic E-state index is 0.305. The highest BCUT2D eigenvalue weighted by molar-refractivity contribution is 9.10. The summed E-state index contributed by atoms with van der Waals surface area (Å²) in [6.45, 7) is 0. The molecule has 0 aliphatic heterocycles. The average molecular weight is 402 g/mol. The number of hydrogen-bond acceptors (Lipinski definition) is 1. The van der Waals surface area contributed by atoms with Crippen LogP contribution in [0.3, 0.4) is 0 Å². The Morgan fingerprint density at radius 1 is 0.692 bits per heavy atom. The van der Waals surface area contributed by atoms with Gasteiger partial charge in [-0.3, -0.25) is 0 Å². The van der Waals surface area contributed by atoms with Crippen molar-refractivity contribution >= 4 is 21.6 Å². The molecule has 1 aliphatic rings. The molecule has 0 saturated carbocycles. The van der Waals surface area contributed by atoms with Crippen molar-refractivity contribution < 1.29 is 0 Å². The molecule has 1 nitrogen and oxygen atoms in total. The Morgan fingerprint density at radius 2 is 1.27 bits per heavy atom. The average Bonchev–Trinajstić information content (AvgIpc) is 2.72. The molecule has 0 atom stereocenters. The Morgan fingerprint density at radius 3 is 1.88 bits per heavy atom. The van der Waals surface area contributed by atoms with Crippen molar-refractivity contribution in [1.29, 1.82) is 0 Å².